The second-order valence-corrected chi connectivity index (χ2v) is 5.75. The first kappa shape index (κ1) is 13.6. The normalized spacial score (nSPS) is 16.3. The van der Waals surface area contributed by atoms with Crippen molar-refractivity contribution in [1.29, 1.82) is 0 Å². The van der Waals surface area contributed by atoms with Gasteiger partial charge in [0.1, 0.15) is 11.9 Å². The fraction of sp³-hybridized carbons (Fsp3) is 0.429. The Balaban J connectivity index is 1.90. The molecule has 0 aliphatic heterocycles. The van der Waals surface area contributed by atoms with Crippen LogP contribution in [0.15, 0.2) is 27.2 Å². The fourth-order valence-corrected chi connectivity index (χ4v) is 2.50. The fourth-order valence-electron chi connectivity index (χ4n) is 2.14. The maximum absolute atomic E-state index is 9.88. The van der Waals surface area contributed by atoms with Gasteiger partial charge in [-0.2, -0.15) is 4.98 Å². The minimum absolute atomic E-state index is 0.105. The lowest BCUT2D eigenvalue weighted by Gasteiger charge is -2.11. The quantitative estimate of drug-likeness (QED) is 0.900. The summed E-state index contributed by atoms with van der Waals surface area (Å²) in [6.07, 6.45) is 2.17. The largest absolute Gasteiger partial charge is 0.507 e. The first-order valence-corrected chi connectivity index (χ1v) is 7.42. The van der Waals surface area contributed by atoms with E-state index in [1.807, 2.05) is 6.92 Å². The van der Waals surface area contributed by atoms with Crippen molar-refractivity contribution >= 4 is 15.9 Å². The second-order valence-electron chi connectivity index (χ2n) is 4.83. The number of aromatic hydroxyl groups is 1. The van der Waals surface area contributed by atoms with E-state index in [4.69, 9.17) is 9.26 Å². The van der Waals surface area contributed by atoms with Crippen LogP contribution in [0.2, 0.25) is 0 Å². The molecule has 1 saturated carbocycles. The maximum atomic E-state index is 9.88. The van der Waals surface area contributed by atoms with Gasteiger partial charge in [0.15, 0.2) is 0 Å². The number of phenols is 1. The van der Waals surface area contributed by atoms with E-state index in [-0.39, 0.29) is 11.9 Å². The molecule has 1 heterocycles. The van der Waals surface area contributed by atoms with Gasteiger partial charge in [-0.25, -0.2) is 0 Å². The number of phenolic OH excluding ortho intramolecular Hbond substituents is 1. The van der Waals surface area contributed by atoms with Gasteiger partial charge in [-0.1, -0.05) is 21.1 Å². The van der Waals surface area contributed by atoms with E-state index in [2.05, 4.69) is 26.1 Å². The molecule has 0 bridgehead atoms. The van der Waals surface area contributed by atoms with Crippen molar-refractivity contribution in [1.82, 2.24) is 10.1 Å². The van der Waals surface area contributed by atoms with Crippen LogP contribution in [0.5, 0.6) is 5.75 Å². The molecular formula is C14H15BrN2O3. The molecule has 1 aliphatic rings. The minimum atomic E-state index is -0.105. The highest BCUT2D eigenvalue weighted by atomic mass is 79.9. The molecule has 0 amide bonds. The van der Waals surface area contributed by atoms with Crippen molar-refractivity contribution in [3.8, 4) is 17.2 Å². The van der Waals surface area contributed by atoms with Gasteiger partial charge >= 0.3 is 0 Å². The van der Waals surface area contributed by atoms with Gasteiger partial charge in [0, 0.05) is 11.1 Å². The average molecular weight is 339 g/mol. The van der Waals surface area contributed by atoms with E-state index >= 15 is 0 Å². The van der Waals surface area contributed by atoms with Gasteiger partial charge < -0.3 is 14.4 Å². The van der Waals surface area contributed by atoms with Crippen molar-refractivity contribution in [2.24, 2.45) is 5.92 Å². The Labute approximate surface area is 125 Å². The van der Waals surface area contributed by atoms with Crippen LogP contribution < -0.4 is 0 Å². The van der Waals surface area contributed by atoms with E-state index in [9.17, 15) is 5.11 Å². The minimum Gasteiger partial charge on any atom is -0.507 e. The van der Waals surface area contributed by atoms with E-state index in [1.54, 1.807) is 18.2 Å². The third-order valence-corrected chi connectivity index (χ3v) is 3.77. The summed E-state index contributed by atoms with van der Waals surface area (Å²) < 4.78 is 11.8. The van der Waals surface area contributed by atoms with E-state index in [0.717, 1.165) is 17.3 Å². The first-order valence-electron chi connectivity index (χ1n) is 6.63. The molecule has 1 aromatic heterocycles. The Bertz CT molecular complexity index is 610. The second kappa shape index (κ2) is 5.54. The molecule has 1 fully saturated rings. The summed E-state index contributed by atoms with van der Waals surface area (Å²) >= 11 is 3.36. The predicted octanol–water partition coefficient (Wildman–Crippen LogP) is 3.69. The van der Waals surface area contributed by atoms with Crippen LogP contribution in [0.25, 0.3) is 11.5 Å². The molecule has 0 radical (unpaired) electrons. The Kier molecular flexibility index (Phi) is 3.76. The number of halogens is 1. The molecule has 0 saturated heterocycles. The van der Waals surface area contributed by atoms with E-state index in [1.165, 1.54) is 0 Å². The summed E-state index contributed by atoms with van der Waals surface area (Å²) in [5.41, 5.74) is 0.518. The van der Waals surface area contributed by atoms with Crippen LogP contribution in [-0.4, -0.2) is 21.9 Å². The molecular weight excluding hydrogens is 324 g/mol. The summed E-state index contributed by atoms with van der Waals surface area (Å²) in [6, 6.07) is 5.09. The van der Waals surface area contributed by atoms with Crippen LogP contribution in [0.4, 0.5) is 0 Å². The Hall–Kier alpha value is -1.40. The molecule has 3 rings (SSSR count). The number of hydrogen-bond acceptors (Lipinski definition) is 5. The van der Waals surface area contributed by atoms with E-state index < -0.39 is 0 Å². The molecule has 2 aromatic rings. The van der Waals surface area contributed by atoms with Crippen LogP contribution in [0.3, 0.4) is 0 Å². The van der Waals surface area contributed by atoms with E-state index in [0.29, 0.717) is 29.8 Å². The summed E-state index contributed by atoms with van der Waals surface area (Å²) in [7, 11) is 0. The molecule has 106 valence electrons. The highest BCUT2D eigenvalue weighted by Crippen LogP contribution is 2.43. The van der Waals surface area contributed by atoms with Gasteiger partial charge in [-0.05, 0) is 43.9 Å². The topological polar surface area (TPSA) is 68.4 Å². The standard InChI is InChI=1S/C14H15BrN2O3/c1-2-19-12(8-3-4-8)13-16-14(20-17-13)10-7-9(15)5-6-11(10)18/h5-8,12,18H,2-4H2,1H3. The summed E-state index contributed by atoms with van der Waals surface area (Å²) in [6.45, 7) is 2.57. The first-order chi connectivity index (χ1) is 9.69. The lowest BCUT2D eigenvalue weighted by atomic mass is 10.2. The van der Waals surface area contributed by atoms with Crippen molar-refractivity contribution in [2.45, 2.75) is 25.9 Å². The highest BCUT2D eigenvalue weighted by Gasteiger charge is 2.36. The number of rotatable bonds is 5. The van der Waals surface area contributed by atoms with Gasteiger partial charge in [0.05, 0.1) is 5.56 Å². The van der Waals surface area contributed by atoms with Gasteiger partial charge in [0.25, 0.3) is 5.89 Å². The Morgan fingerprint density at radius 2 is 2.30 bits per heavy atom. The molecule has 0 spiro atoms. The SMILES string of the molecule is CCOC(c1noc(-c2cc(Br)ccc2O)n1)C1CC1. The number of nitrogens with zero attached hydrogens (tertiary/aromatic N) is 2. The number of hydrogen-bond donors (Lipinski definition) is 1. The van der Waals surface area contributed by atoms with Crippen molar-refractivity contribution in [3.63, 3.8) is 0 Å². The molecule has 20 heavy (non-hydrogen) atoms. The van der Waals surface area contributed by atoms with Crippen molar-refractivity contribution < 1.29 is 14.4 Å². The lowest BCUT2D eigenvalue weighted by Crippen LogP contribution is -2.08. The zero-order valence-electron chi connectivity index (χ0n) is 11.0. The third-order valence-electron chi connectivity index (χ3n) is 3.28. The molecule has 1 unspecified atom stereocenters. The van der Waals surface area contributed by atoms with Crippen LogP contribution >= 0.6 is 15.9 Å². The zero-order chi connectivity index (χ0) is 14.1. The zero-order valence-corrected chi connectivity index (χ0v) is 12.6. The summed E-state index contributed by atoms with van der Waals surface area (Å²) in [5.74, 6) is 1.46. The van der Waals surface area contributed by atoms with Gasteiger partial charge in [-0.3, -0.25) is 0 Å². The molecule has 1 N–H and O–H groups in total. The highest BCUT2D eigenvalue weighted by molar-refractivity contribution is 9.10. The monoisotopic (exact) mass is 338 g/mol. The molecule has 5 nitrogen and oxygen atoms in total. The van der Waals surface area contributed by atoms with Crippen LogP contribution in [0, 0.1) is 5.92 Å². The summed E-state index contributed by atoms with van der Waals surface area (Å²) in [4.78, 5) is 4.38. The van der Waals surface area contributed by atoms with Crippen molar-refractivity contribution in [3.05, 3.63) is 28.5 Å². The lowest BCUT2D eigenvalue weighted by molar-refractivity contribution is 0.0385. The van der Waals surface area contributed by atoms with Crippen molar-refractivity contribution in [2.75, 3.05) is 6.61 Å². The van der Waals surface area contributed by atoms with Gasteiger partial charge in [0.2, 0.25) is 5.82 Å². The van der Waals surface area contributed by atoms with Crippen LogP contribution in [0.1, 0.15) is 31.7 Å². The number of aromatic nitrogens is 2. The predicted molar refractivity (Wildman–Crippen MR) is 76.2 cm³/mol. The smallest absolute Gasteiger partial charge is 0.261 e. The molecule has 1 aromatic carbocycles. The summed E-state index contributed by atoms with van der Waals surface area (Å²) in [5, 5.41) is 13.9. The number of benzene rings is 1. The third kappa shape index (κ3) is 2.71. The Morgan fingerprint density at radius 3 is 3.00 bits per heavy atom. The average Bonchev–Trinajstić information content (AvgIpc) is 3.16. The molecule has 6 heteroatoms. The molecule has 1 aliphatic carbocycles. The van der Waals surface area contributed by atoms with Gasteiger partial charge in [-0.15, -0.1) is 0 Å². The van der Waals surface area contributed by atoms with Crippen LogP contribution in [-0.2, 0) is 4.74 Å². The number of ether oxygens (including phenoxy) is 1. The molecule has 1 atom stereocenters. The maximum Gasteiger partial charge on any atom is 0.261 e. The Morgan fingerprint density at radius 1 is 1.50 bits per heavy atom.